The molecule has 2 unspecified atom stereocenters. The van der Waals surface area contributed by atoms with E-state index in [4.69, 9.17) is 5.73 Å². The van der Waals surface area contributed by atoms with Gasteiger partial charge in [-0.3, -0.25) is 4.90 Å². The summed E-state index contributed by atoms with van der Waals surface area (Å²) in [5.41, 5.74) is 9.10. The summed E-state index contributed by atoms with van der Waals surface area (Å²) in [4.78, 5) is 6.63. The van der Waals surface area contributed by atoms with Gasteiger partial charge in [-0.15, -0.1) is 11.3 Å². The smallest absolute Gasteiger partial charge is 0.0795 e. The molecule has 14 heavy (non-hydrogen) atoms. The topological polar surface area (TPSA) is 42.2 Å². The number of rotatable bonds is 3. The van der Waals surface area contributed by atoms with Crippen LogP contribution in [0.2, 0.25) is 0 Å². The maximum atomic E-state index is 6.05. The molecule has 2 N–H and O–H groups in total. The number of aromatic nitrogens is 1. The van der Waals surface area contributed by atoms with Gasteiger partial charge >= 0.3 is 0 Å². The Balaban J connectivity index is 1.92. The van der Waals surface area contributed by atoms with Crippen molar-refractivity contribution in [3.8, 4) is 0 Å². The lowest BCUT2D eigenvalue weighted by atomic mass is 10.1. The number of hydrogen-bond donors (Lipinski definition) is 1. The van der Waals surface area contributed by atoms with Gasteiger partial charge in [0, 0.05) is 24.0 Å². The predicted molar refractivity (Wildman–Crippen MR) is 59.2 cm³/mol. The summed E-state index contributed by atoms with van der Waals surface area (Å²) in [6.07, 6.45) is 3.68. The molecule has 78 valence electrons. The van der Waals surface area contributed by atoms with Gasteiger partial charge in [0.2, 0.25) is 0 Å². The molecule has 3 nitrogen and oxygen atoms in total. The van der Waals surface area contributed by atoms with Crippen molar-refractivity contribution in [3.63, 3.8) is 0 Å². The van der Waals surface area contributed by atoms with E-state index in [9.17, 15) is 0 Å². The van der Waals surface area contributed by atoms with E-state index >= 15 is 0 Å². The summed E-state index contributed by atoms with van der Waals surface area (Å²) in [7, 11) is 2.15. The van der Waals surface area contributed by atoms with Gasteiger partial charge in [0.05, 0.1) is 11.2 Å². The fourth-order valence-corrected chi connectivity index (χ4v) is 2.75. The Kier molecular flexibility index (Phi) is 3.15. The Morgan fingerprint density at radius 1 is 1.64 bits per heavy atom. The number of nitrogens with two attached hydrogens (primary N) is 1. The number of nitrogens with zero attached hydrogens (tertiary/aromatic N) is 2. The van der Waals surface area contributed by atoms with Crippen LogP contribution in [0.25, 0.3) is 0 Å². The molecule has 1 aliphatic carbocycles. The minimum Gasteiger partial charge on any atom is -0.326 e. The molecule has 1 aromatic heterocycles. The van der Waals surface area contributed by atoms with Crippen molar-refractivity contribution in [2.75, 3.05) is 7.05 Å². The van der Waals surface area contributed by atoms with Crippen LogP contribution in [-0.2, 0) is 6.54 Å². The van der Waals surface area contributed by atoms with Gasteiger partial charge < -0.3 is 5.73 Å². The molecule has 1 aliphatic rings. The second-order valence-corrected chi connectivity index (χ2v) is 4.78. The van der Waals surface area contributed by atoms with Crippen LogP contribution in [0.4, 0.5) is 0 Å². The van der Waals surface area contributed by atoms with Crippen LogP contribution in [-0.4, -0.2) is 29.0 Å². The third-order valence-electron chi connectivity index (χ3n) is 2.99. The van der Waals surface area contributed by atoms with Crippen LogP contribution in [0.15, 0.2) is 10.9 Å². The second-order valence-electron chi connectivity index (χ2n) is 4.06. The Morgan fingerprint density at radius 2 is 2.50 bits per heavy atom. The molecule has 1 aromatic rings. The van der Waals surface area contributed by atoms with Crippen molar-refractivity contribution in [1.82, 2.24) is 9.88 Å². The van der Waals surface area contributed by atoms with Crippen LogP contribution >= 0.6 is 11.3 Å². The van der Waals surface area contributed by atoms with Gasteiger partial charge in [0.15, 0.2) is 0 Å². The highest BCUT2D eigenvalue weighted by Crippen LogP contribution is 2.22. The molecule has 1 saturated carbocycles. The standard InChI is InChI=1S/C10H17N3S/c1-13(5-8-6-14-7-12-8)10-4-2-3-9(10)11/h6-7,9-10H,2-5,11H2,1H3. The van der Waals surface area contributed by atoms with Crippen molar-refractivity contribution < 1.29 is 0 Å². The van der Waals surface area contributed by atoms with Gasteiger partial charge in [-0.05, 0) is 19.9 Å². The SMILES string of the molecule is CN(Cc1cscn1)C1CCCC1N. The summed E-state index contributed by atoms with van der Waals surface area (Å²) < 4.78 is 0. The van der Waals surface area contributed by atoms with Crippen molar-refractivity contribution in [2.24, 2.45) is 5.73 Å². The molecular formula is C10H17N3S. The Hall–Kier alpha value is -0.450. The maximum absolute atomic E-state index is 6.05. The van der Waals surface area contributed by atoms with E-state index in [1.807, 2.05) is 5.51 Å². The van der Waals surface area contributed by atoms with Crippen LogP contribution in [0.5, 0.6) is 0 Å². The molecule has 0 spiro atoms. The summed E-state index contributed by atoms with van der Waals surface area (Å²) in [5, 5.41) is 2.11. The normalized spacial score (nSPS) is 27.4. The first-order valence-electron chi connectivity index (χ1n) is 5.10. The largest absolute Gasteiger partial charge is 0.326 e. The molecule has 1 heterocycles. The molecule has 0 bridgehead atoms. The Morgan fingerprint density at radius 3 is 3.07 bits per heavy atom. The first-order valence-corrected chi connectivity index (χ1v) is 6.04. The zero-order valence-corrected chi connectivity index (χ0v) is 9.33. The van der Waals surface area contributed by atoms with Gasteiger partial charge in [0.1, 0.15) is 0 Å². The second kappa shape index (κ2) is 4.38. The molecular weight excluding hydrogens is 194 g/mol. The molecule has 0 radical (unpaired) electrons. The van der Waals surface area contributed by atoms with E-state index in [0.29, 0.717) is 12.1 Å². The maximum Gasteiger partial charge on any atom is 0.0795 e. The summed E-state index contributed by atoms with van der Waals surface area (Å²) in [6.45, 7) is 0.932. The van der Waals surface area contributed by atoms with Gasteiger partial charge in [-0.1, -0.05) is 6.42 Å². The highest BCUT2D eigenvalue weighted by molar-refractivity contribution is 7.07. The van der Waals surface area contributed by atoms with Gasteiger partial charge in [0.25, 0.3) is 0 Å². The minimum absolute atomic E-state index is 0.360. The monoisotopic (exact) mass is 211 g/mol. The zero-order valence-electron chi connectivity index (χ0n) is 8.52. The fraction of sp³-hybridized carbons (Fsp3) is 0.700. The number of likely N-dealkylation sites (N-methyl/N-ethyl adjacent to an activating group) is 1. The lowest BCUT2D eigenvalue weighted by Gasteiger charge is -2.26. The first kappa shape index (κ1) is 10.1. The van der Waals surface area contributed by atoms with E-state index in [1.165, 1.54) is 19.3 Å². The first-order chi connectivity index (χ1) is 6.77. The van der Waals surface area contributed by atoms with E-state index in [-0.39, 0.29) is 0 Å². The molecule has 0 amide bonds. The van der Waals surface area contributed by atoms with E-state index in [0.717, 1.165) is 12.2 Å². The van der Waals surface area contributed by atoms with E-state index in [1.54, 1.807) is 11.3 Å². The third-order valence-corrected chi connectivity index (χ3v) is 3.63. The summed E-state index contributed by atoms with van der Waals surface area (Å²) in [6, 6.07) is 0.912. The minimum atomic E-state index is 0.360. The van der Waals surface area contributed by atoms with E-state index < -0.39 is 0 Å². The lowest BCUT2D eigenvalue weighted by molar-refractivity contribution is 0.218. The molecule has 0 aliphatic heterocycles. The zero-order chi connectivity index (χ0) is 9.97. The molecule has 0 saturated heterocycles. The lowest BCUT2D eigenvalue weighted by Crippen LogP contribution is -2.41. The average Bonchev–Trinajstić information content (AvgIpc) is 2.75. The van der Waals surface area contributed by atoms with Crippen molar-refractivity contribution >= 4 is 11.3 Å². The van der Waals surface area contributed by atoms with Crippen LogP contribution < -0.4 is 5.73 Å². The summed E-state index contributed by atoms with van der Waals surface area (Å²) in [5.74, 6) is 0. The predicted octanol–water partition coefficient (Wildman–Crippen LogP) is 1.45. The Labute approximate surface area is 88.9 Å². The number of hydrogen-bond acceptors (Lipinski definition) is 4. The van der Waals surface area contributed by atoms with Crippen LogP contribution in [0, 0.1) is 0 Å². The van der Waals surface area contributed by atoms with E-state index in [2.05, 4.69) is 22.3 Å². The molecule has 2 atom stereocenters. The van der Waals surface area contributed by atoms with Gasteiger partial charge in [-0.2, -0.15) is 0 Å². The highest BCUT2D eigenvalue weighted by Gasteiger charge is 2.27. The number of thiazole rings is 1. The fourth-order valence-electron chi connectivity index (χ4n) is 2.20. The average molecular weight is 211 g/mol. The molecule has 1 fully saturated rings. The molecule has 0 aromatic carbocycles. The van der Waals surface area contributed by atoms with Crippen LogP contribution in [0.1, 0.15) is 25.0 Å². The highest BCUT2D eigenvalue weighted by atomic mass is 32.1. The Bertz CT molecular complexity index is 273. The van der Waals surface area contributed by atoms with Crippen molar-refractivity contribution in [2.45, 2.75) is 37.9 Å². The third kappa shape index (κ3) is 2.13. The van der Waals surface area contributed by atoms with Crippen molar-refractivity contribution in [3.05, 3.63) is 16.6 Å². The van der Waals surface area contributed by atoms with Gasteiger partial charge in [-0.25, -0.2) is 4.98 Å². The summed E-state index contributed by atoms with van der Waals surface area (Å²) >= 11 is 1.66. The quantitative estimate of drug-likeness (QED) is 0.823. The van der Waals surface area contributed by atoms with Crippen molar-refractivity contribution in [1.29, 1.82) is 0 Å². The molecule has 2 rings (SSSR count). The van der Waals surface area contributed by atoms with Crippen LogP contribution in [0.3, 0.4) is 0 Å². The molecule has 4 heteroatoms.